The molecule has 0 saturated carbocycles. The van der Waals surface area contributed by atoms with Crippen molar-refractivity contribution in [1.29, 1.82) is 0 Å². The number of benzene rings is 2. The van der Waals surface area contributed by atoms with E-state index in [0.717, 1.165) is 21.9 Å². The topological polar surface area (TPSA) is 40.5 Å². The minimum atomic E-state index is -0.216. The normalized spacial score (nSPS) is 12.8. The van der Waals surface area contributed by atoms with Crippen molar-refractivity contribution >= 4 is 34.0 Å². The third kappa shape index (κ3) is 4.23. The number of fused-ring (bicyclic) bond motifs is 1. The first-order valence-electron chi connectivity index (χ1n) is 8.20. The Morgan fingerprint density at radius 3 is 1.33 bits per heavy atom. The zero-order valence-corrected chi connectivity index (χ0v) is 16.3. The highest BCUT2D eigenvalue weighted by Crippen LogP contribution is 2.37. The summed E-state index contributed by atoms with van der Waals surface area (Å²) in [5.41, 5.74) is 1.60. The molecule has 4 heteroatoms. The van der Waals surface area contributed by atoms with E-state index in [4.69, 9.17) is 23.2 Å². The van der Waals surface area contributed by atoms with E-state index in [-0.39, 0.29) is 24.0 Å². The number of rotatable bonds is 6. The molecule has 0 radical (unpaired) electrons. The molecule has 2 nitrogen and oxygen atoms in total. The van der Waals surface area contributed by atoms with Crippen LogP contribution in [0.2, 0.25) is 10.0 Å². The lowest BCUT2D eigenvalue weighted by Crippen LogP contribution is -2.20. The Balaban J connectivity index is 2.47. The SMILES string of the molecule is CC(C)(CO)Cc1ccc2c(Cl)c(CC(C)(C)CO)ccc2c1Cl. The summed E-state index contributed by atoms with van der Waals surface area (Å²) in [7, 11) is 0. The fraction of sp³-hybridized carbons (Fsp3) is 0.500. The maximum Gasteiger partial charge on any atom is 0.0517 e. The molecule has 0 aliphatic carbocycles. The molecule has 2 aromatic carbocycles. The van der Waals surface area contributed by atoms with Gasteiger partial charge >= 0.3 is 0 Å². The Bertz CT molecular complexity index is 673. The molecule has 0 unspecified atom stereocenters. The Morgan fingerprint density at radius 2 is 1.04 bits per heavy atom. The van der Waals surface area contributed by atoms with Gasteiger partial charge in [-0.15, -0.1) is 0 Å². The molecule has 2 aromatic rings. The van der Waals surface area contributed by atoms with Crippen LogP contribution < -0.4 is 0 Å². The molecule has 24 heavy (non-hydrogen) atoms. The third-order valence-electron chi connectivity index (χ3n) is 4.42. The van der Waals surface area contributed by atoms with Crippen molar-refractivity contribution in [2.24, 2.45) is 10.8 Å². The van der Waals surface area contributed by atoms with Gasteiger partial charge in [0.05, 0.1) is 10.0 Å². The van der Waals surface area contributed by atoms with E-state index >= 15 is 0 Å². The van der Waals surface area contributed by atoms with Crippen molar-refractivity contribution in [3.8, 4) is 0 Å². The van der Waals surface area contributed by atoms with E-state index in [1.807, 2.05) is 52.0 Å². The first-order valence-corrected chi connectivity index (χ1v) is 8.96. The Kier molecular flexibility index (Phi) is 5.87. The molecule has 2 rings (SSSR count). The van der Waals surface area contributed by atoms with Crippen LogP contribution in [0, 0.1) is 10.8 Å². The molecule has 0 saturated heterocycles. The summed E-state index contributed by atoms with van der Waals surface area (Å²) in [6, 6.07) is 7.99. The molecular formula is C20H26Cl2O2. The van der Waals surface area contributed by atoms with Crippen molar-refractivity contribution in [1.82, 2.24) is 0 Å². The van der Waals surface area contributed by atoms with Gasteiger partial charge in [-0.2, -0.15) is 0 Å². The van der Waals surface area contributed by atoms with Crippen LogP contribution >= 0.6 is 23.2 Å². The largest absolute Gasteiger partial charge is 0.396 e. The molecular weight excluding hydrogens is 343 g/mol. The number of halogens is 2. The first kappa shape index (κ1) is 19.5. The zero-order valence-electron chi connectivity index (χ0n) is 14.8. The predicted octanol–water partition coefficient (Wildman–Crippen LogP) is 5.27. The average molecular weight is 369 g/mol. The van der Waals surface area contributed by atoms with Gasteiger partial charge in [0.1, 0.15) is 0 Å². The Hall–Kier alpha value is -0.800. The summed E-state index contributed by atoms with van der Waals surface area (Å²) < 4.78 is 0. The van der Waals surface area contributed by atoms with Crippen LogP contribution in [0.5, 0.6) is 0 Å². The smallest absolute Gasteiger partial charge is 0.0517 e. The van der Waals surface area contributed by atoms with Crippen molar-refractivity contribution < 1.29 is 10.2 Å². The van der Waals surface area contributed by atoms with Gasteiger partial charge in [-0.3, -0.25) is 0 Å². The van der Waals surface area contributed by atoms with Crippen LogP contribution in [0.15, 0.2) is 24.3 Å². The van der Waals surface area contributed by atoms with Crippen LogP contribution in [0.4, 0.5) is 0 Å². The van der Waals surface area contributed by atoms with E-state index in [1.165, 1.54) is 0 Å². The summed E-state index contributed by atoms with van der Waals surface area (Å²) in [6.45, 7) is 8.27. The van der Waals surface area contributed by atoms with Crippen LogP contribution in [0.3, 0.4) is 0 Å². The molecule has 0 amide bonds. The maximum atomic E-state index is 9.49. The van der Waals surface area contributed by atoms with Gasteiger partial charge in [0.15, 0.2) is 0 Å². The summed E-state index contributed by atoms with van der Waals surface area (Å²) in [4.78, 5) is 0. The maximum absolute atomic E-state index is 9.49. The molecule has 0 spiro atoms. The second kappa shape index (κ2) is 7.21. The van der Waals surface area contributed by atoms with E-state index in [2.05, 4.69) is 0 Å². The number of hydrogen-bond donors (Lipinski definition) is 2. The predicted molar refractivity (Wildman–Crippen MR) is 103 cm³/mol. The van der Waals surface area contributed by atoms with Gasteiger partial charge in [0, 0.05) is 24.0 Å². The lowest BCUT2D eigenvalue weighted by molar-refractivity contribution is 0.159. The second-order valence-electron chi connectivity index (χ2n) is 8.17. The highest BCUT2D eigenvalue weighted by atomic mass is 35.5. The van der Waals surface area contributed by atoms with Gasteiger partial charge in [-0.05, 0) is 34.8 Å². The zero-order chi connectivity index (χ0) is 18.1. The van der Waals surface area contributed by atoms with Crippen molar-refractivity contribution in [2.45, 2.75) is 40.5 Å². The third-order valence-corrected chi connectivity index (χ3v) is 5.32. The first-order chi connectivity index (χ1) is 11.1. The molecule has 0 fully saturated rings. The minimum Gasteiger partial charge on any atom is -0.396 e. The molecule has 0 atom stereocenters. The van der Waals surface area contributed by atoms with Gasteiger partial charge in [0.25, 0.3) is 0 Å². The van der Waals surface area contributed by atoms with Crippen LogP contribution in [-0.4, -0.2) is 23.4 Å². The van der Waals surface area contributed by atoms with Crippen molar-refractivity contribution in [3.05, 3.63) is 45.4 Å². The lowest BCUT2D eigenvalue weighted by atomic mass is 9.84. The van der Waals surface area contributed by atoms with Crippen molar-refractivity contribution in [2.75, 3.05) is 13.2 Å². The molecule has 0 aliphatic heterocycles. The second-order valence-corrected chi connectivity index (χ2v) is 8.93. The molecule has 0 bridgehead atoms. The highest BCUT2D eigenvalue weighted by Gasteiger charge is 2.22. The van der Waals surface area contributed by atoms with Crippen molar-refractivity contribution in [3.63, 3.8) is 0 Å². The number of hydrogen-bond acceptors (Lipinski definition) is 2. The average Bonchev–Trinajstić information content (AvgIpc) is 2.52. The number of aliphatic hydroxyl groups excluding tert-OH is 2. The monoisotopic (exact) mass is 368 g/mol. The molecule has 0 aliphatic rings. The van der Waals surface area contributed by atoms with Crippen LogP contribution in [0.1, 0.15) is 38.8 Å². The van der Waals surface area contributed by atoms with Crippen LogP contribution in [-0.2, 0) is 12.8 Å². The van der Waals surface area contributed by atoms with Gasteiger partial charge in [-0.25, -0.2) is 0 Å². The van der Waals surface area contributed by atoms with E-state index < -0.39 is 0 Å². The van der Waals surface area contributed by atoms with E-state index in [0.29, 0.717) is 22.9 Å². The molecule has 0 heterocycles. The van der Waals surface area contributed by atoms with E-state index in [1.54, 1.807) is 0 Å². The summed E-state index contributed by atoms with van der Waals surface area (Å²) in [6.07, 6.45) is 1.41. The number of aliphatic hydroxyl groups is 2. The van der Waals surface area contributed by atoms with Gasteiger partial charge in [0.2, 0.25) is 0 Å². The fourth-order valence-electron chi connectivity index (χ4n) is 2.84. The Labute approximate surface area is 154 Å². The van der Waals surface area contributed by atoms with E-state index in [9.17, 15) is 10.2 Å². The molecule has 0 aromatic heterocycles. The fourth-order valence-corrected chi connectivity index (χ4v) is 3.43. The standard InChI is InChI=1S/C20H26Cl2O2/c1-19(2,11-23)9-13-5-7-16-15(17(13)21)8-6-14(18(16)22)10-20(3,4)12-24/h5-8,23-24H,9-12H2,1-4H3. The summed E-state index contributed by atoms with van der Waals surface area (Å²) in [5, 5.41) is 22.2. The van der Waals surface area contributed by atoms with Gasteiger partial charge < -0.3 is 10.2 Å². The Morgan fingerprint density at radius 1 is 0.708 bits per heavy atom. The molecule has 2 N–H and O–H groups in total. The quantitative estimate of drug-likeness (QED) is 0.728. The van der Waals surface area contributed by atoms with Crippen LogP contribution in [0.25, 0.3) is 10.8 Å². The molecule has 132 valence electrons. The summed E-state index contributed by atoms with van der Waals surface area (Å²) >= 11 is 13.2. The highest BCUT2D eigenvalue weighted by molar-refractivity contribution is 6.40. The lowest BCUT2D eigenvalue weighted by Gasteiger charge is -2.24. The van der Waals surface area contributed by atoms with Gasteiger partial charge in [-0.1, -0.05) is 75.2 Å². The minimum absolute atomic E-state index is 0.108. The summed E-state index contributed by atoms with van der Waals surface area (Å²) in [5.74, 6) is 0.